The topological polar surface area (TPSA) is 23.6 Å². The summed E-state index contributed by atoms with van der Waals surface area (Å²) in [5.41, 5.74) is 2.83. The lowest BCUT2D eigenvalue weighted by molar-refractivity contribution is -0.131. The fourth-order valence-corrected chi connectivity index (χ4v) is 2.61. The number of nitrogens with zero attached hydrogens (tertiary/aromatic N) is 2. The first-order chi connectivity index (χ1) is 9.41. The van der Waals surface area contributed by atoms with E-state index in [1.54, 1.807) is 0 Å². The van der Waals surface area contributed by atoms with Gasteiger partial charge in [-0.05, 0) is 23.1 Å². The highest BCUT2D eigenvalue weighted by atomic mass is 16.2. The number of carbonyl (C=O) groups is 1. The molecule has 1 saturated heterocycles. The van der Waals surface area contributed by atoms with Crippen LogP contribution in [0.1, 0.15) is 39.7 Å². The number of amides is 1. The molecule has 110 valence electrons. The van der Waals surface area contributed by atoms with Crippen molar-refractivity contribution in [3.05, 3.63) is 29.8 Å². The predicted octanol–water partition coefficient (Wildman–Crippen LogP) is 3.04. The van der Waals surface area contributed by atoms with Gasteiger partial charge in [-0.2, -0.15) is 0 Å². The predicted molar refractivity (Wildman–Crippen MR) is 84.2 cm³/mol. The summed E-state index contributed by atoms with van der Waals surface area (Å²) in [6.07, 6.45) is 0.611. The van der Waals surface area contributed by atoms with Crippen molar-refractivity contribution in [1.29, 1.82) is 0 Å². The van der Waals surface area contributed by atoms with Gasteiger partial charge in [0.1, 0.15) is 0 Å². The molecule has 0 atom stereocenters. The third-order valence-corrected chi connectivity index (χ3v) is 4.03. The van der Waals surface area contributed by atoms with Crippen LogP contribution in [0.3, 0.4) is 0 Å². The fraction of sp³-hybridized carbons (Fsp3) is 0.588. The van der Waals surface area contributed by atoms with Crippen LogP contribution in [0.25, 0.3) is 0 Å². The summed E-state index contributed by atoms with van der Waals surface area (Å²) in [4.78, 5) is 16.0. The maximum Gasteiger partial charge on any atom is 0.222 e. The standard InChI is InChI=1S/C17H26N2O/c1-5-16(20)19-12-10-18(11-13-19)15-8-6-14(7-9-15)17(2,3)4/h6-9H,5,10-13H2,1-4H3. The molecule has 0 aromatic heterocycles. The van der Waals surface area contributed by atoms with Gasteiger partial charge in [-0.25, -0.2) is 0 Å². The quantitative estimate of drug-likeness (QED) is 0.827. The summed E-state index contributed by atoms with van der Waals surface area (Å²) in [6, 6.07) is 8.85. The van der Waals surface area contributed by atoms with E-state index in [4.69, 9.17) is 0 Å². The van der Waals surface area contributed by atoms with Crippen molar-refractivity contribution < 1.29 is 4.79 Å². The average molecular weight is 274 g/mol. The van der Waals surface area contributed by atoms with Crippen LogP contribution in [0.2, 0.25) is 0 Å². The van der Waals surface area contributed by atoms with Gasteiger partial charge < -0.3 is 9.80 Å². The molecule has 20 heavy (non-hydrogen) atoms. The van der Waals surface area contributed by atoms with Crippen LogP contribution in [-0.2, 0) is 10.2 Å². The highest BCUT2D eigenvalue weighted by molar-refractivity contribution is 5.76. The van der Waals surface area contributed by atoms with Crippen molar-refractivity contribution in [3.63, 3.8) is 0 Å². The molecule has 0 spiro atoms. The Bertz CT molecular complexity index is 451. The van der Waals surface area contributed by atoms with Crippen LogP contribution in [0, 0.1) is 0 Å². The molecule has 1 aliphatic heterocycles. The Kier molecular flexibility index (Phi) is 4.36. The molecule has 2 rings (SSSR count). The highest BCUT2D eigenvalue weighted by Crippen LogP contribution is 2.25. The molecule has 1 heterocycles. The van der Waals surface area contributed by atoms with Crippen LogP contribution < -0.4 is 4.90 Å². The fourth-order valence-electron chi connectivity index (χ4n) is 2.61. The van der Waals surface area contributed by atoms with E-state index in [1.807, 2.05) is 11.8 Å². The zero-order valence-electron chi connectivity index (χ0n) is 13.1. The Labute approximate surface area is 122 Å². The molecule has 0 radical (unpaired) electrons. The molecule has 0 unspecified atom stereocenters. The SMILES string of the molecule is CCC(=O)N1CCN(c2ccc(C(C)(C)C)cc2)CC1. The van der Waals surface area contributed by atoms with Crippen molar-refractivity contribution in [1.82, 2.24) is 4.90 Å². The van der Waals surface area contributed by atoms with E-state index < -0.39 is 0 Å². The Morgan fingerprint density at radius 2 is 1.60 bits per heavy atom. The average Bonchev–Trinajstić information content (AvgIpc) is 2.46. The molecule has 3 heteroatoms. The van der Waals surface area contributed by atoms with E-state index >= 15 is 0 Å². The molecule has 0 N–H and O–H groups in total. The molecule has 1 fully saturated rings. The van der Waals surface area contributed by atoms with Crippen molar-refractivity contribution in [2.45, 2.75) is 39.5 Å². The smallest absolute Gasteiger partial charge is 0.222 e. The molecular weight excluding hydrogens is 248 g/mol. The van der Waals surface area contributed by atoms with Gasteiger partial charge in [0, 0.05) is 38.3 Å². The van der Waals surface area contributed by atoms with Gasteiger partial charge in [0.15, 0.2) is 0 Å². The van der Waals surface area contributed by atoms with Gasteiger partial charge in [-0.1, -0.05) is 39.8 Å². The Morgan fingerprint density at radius 1 is 1.05 bits per heavy atom. The van der Waals surface area contributed by atoms with E-state index in [0.717, 1.165) is 26.2 Å². The molecule has 1 aromatic rings. The lowest BCUT2D eigenvalue weighted by Crippen LogP contribution is -2.48. The summed E-state index contributed by atoms with van der Waals surface area (Å²) in [7, 11) is 0. The first-order valence-electron chi connectivity index (χ1n) is 7.55. The number of benzene rings is 1. The normalized spacial score (nSPS) is 16.4. The molecule has 1 aromatic carbocycles. The number of hydrogen-bond acceptors (Lipinski definition) is 2. The maximum absolute atomic E-state index is 11.7. The molecule has 3 nitrogen and oxygen atoms in total. The van der Waals surface area contributed by atoms with Gasteiger partial charge in [0.2, 0.25) is 5.91 Å². The van der Waals surface area contributed by atoms with Crippen molar-refractivity contribution in [3.8, 4) is 0 Å². The first-order valence-corrected chi connectivity index (χ1v) is 7.55. The summed E-state index contributed by atoms with van der Waals surface area (Å²) in [5, 5.41) is 0. The molecule has 0 aliphatic carbocycles. The summed E-state index contributed by atoms with van der Waals surface area (Å²) in [6.45, 7) is 12.2. The molecule has 1 aliphatic rings. The van der Waals surface area contributed by atoms with Crippen molar-refractivity contribution in [2.75, 3.05) is 31.1 Å². The molecule has 0 saturated carbocycles. The Morgan fingerprint density at radius 3 is 2.05 bits per heavy atom. The van der Waals surface area contributed by atoms with Crippen LogP contribution in [-0.4, -0.2) is 37.0 Å². The Hall–Kier alpha value is -1.51. The summed E-state index contributed by atoms with van der Waals surface area (Å²) >= 11 is 0. The maximum atomic E-state index is 11.7. The van der Waals surface area contributed by atoms with E-state index in [1.165, 1.54) is 11.3 Å². The number of carbonyl (C=O) groups excluding carboxylic acids is 1. The number of piperazine rings is 1. The second-order valence-corrected chi connectivity index (χ2v) is 6.52. The summed E-state index contributed by atoms with van der Waals surface area (Å²) < 4.78 is 0. The van der Waals surface area contributed by atoms with E-state index in [9.17, 15) is 4.79 Å². The van der Waals surface area contributed by atoms with E-state index in [-0.39, 0.29) is 11.3 Å². The van der Waals surface area contributed by atoms with Gasteiger partial charge >= 0.3 is 0 Å². The second kappa shape index (κ2) is 5.86. The first kappa shape index (κ1) is 14.9. The van der Waals surface area contributed by atoms with Crippen LogP contribution in [0.15, 0.2) is 24.3 Å². The van der Waals surface area contributed by atoms with Crippen LogP contribution in [0.5, 0.6) is 0 Å². The minimum atomic E-state index is 0.199. The lowest BCUT2D eigenvalue weighted by atomic mass is 9.87. The van der Waals surface area contributed by atoms with Gasteiger partial charge in [0.05, 0.1) is 0 Å². The lowest BCUT2D eigenvalue weighted by Gasteiger charge is -2.36. The molecule has 1 amide bonds. The van der Waals surface area contributed by atoms with Gasteiger partial charge in [-0.15, -0.1) is 0 Å². The van der Waals surface area contributed by atoms with Gasteiger partial charge in [0.25, 0.3) is 0 Å². The van der Waals surface area contributed by atoms with E-state index in [2.05, 4.69) is 49.9 Å². The monoisotopic (exact) mass is 274 g/mol. The highest BCUT2D eigenvalue weighted by Gasteiger charge is 2.20. The third kappa shape index (κ3) is 3.33. The Balaban J connectivity index is 1.99. The minimum absolute atomic E-state index is 0.199. The minimum Gasteiger partial charge on any atom is -0.368 e. The van der Waals surface area contributed by atoms with Gasteiger partial charge in [-0.3, -0.25) is 4.79 Å². The molecule has 0 bridgehead atoms. The summed E-state index contributed by atoms with van der Waals surface area (Å²) in [5.74, 6) is 0.271. The largest absolute Gasteiger partial charge is 0.368 e. The number of rotatable bonds is 2. The zero-order valence-corrected chi connectivity index (χ0v) is 13.1. The molecular formula is C17H26N2O. The third-order valence-electron chi connectivity index (χ3n) is 4.03. The zero-order chi connectivity index (χ0) is 14.8. The van der Waals surface area contributed by atoms with Crippen molar-refractivity contribution >= 4 is 11.6 Å². The van der Waals surface area contributed by atoms with Crippen molar-refractivity contribution in [2.24, 2.45) is 0 Å². The number of hydrogen-bond donors (Lipinski definition) is 0. The van der Waals surface area contributed by atoms with E-state index in [0.29, 0.717) is 6.42 Å². The van der Waals surface area contributed by atoms with Crippen LogP contribution in [0.4, 0.5) is 5.69 Å². The number of anilines is 1. The van der Waals surface area contributed by atoms with Crippen LogP contribution >= 0.6 is 0 Å². The second-order valence-electron chi connectivity index (χ2n) is 6.52.